The first-order valence-corrected chi connectivity index (χ1v) is 9.94. The highest BCUT2D eigenvalue weighted by Gasteiger charge is 2.50. The van der Waals surface area contributed by atoms with E-state index < -0.39 is 11.2 Å². The number of hydrogen-bond acceptors (Lipinski definition) is 3. The summed E-state index contributed by atoms with van der Waals surface area (Å²) in [4.78, 5) is 14.5. The number of benzene rings is 2. The van der Waals surface area contributed by atoms with Crippen LogP contribution in [0.5, 0.6) is 0 Å². The van der Waals surface area contributed by atoms with E-state index in [1.165, 1.54) is 16.3 Å². The first-order valence-electron chi connectivity index (χ1n) is 9.94. The molecule has 2 heterocycles. The number of carbonyl (C=O) groups is 1. The molecule has 144 valence electrons. The second-order valence-electron chi connectivity index (χ2n) is 9.22. The second-order valence-corrected chi connectivity index (χ2v) is 9.22. The number of fused-ring (bicyclic) bond motifs is 3. The smallest absolute Gasteiger partial charge is 0.410 e. The Kier molecular flexibility index (Phi) is 4.42. The Bertz CT molecular complexity index is 835. The van der Waals surface area contributed by atoms with E-state index in [0.717, 1.165) is 12.8 Å². The number of hydrogen-bond donors (Lipinski definition) is 1. The maximum Gasteiger partial charge on any atom is 0.410 e. The molecule has 2 aliphatic heterocycles. The molecule has 4 rings (SSSR count). The maximum atomic E-state index is 12.6. The summed E-state index contributed by atoms with van der Waals surface area (Å²) in [6, 6.07) is 14.7. The van der Waals surface area contributed by atoms with Crippen LogP contribution in [-0.2, 0) is 11.2 Å². The van der Waals surface area contributed by atoms with Crippen LogP contribution >= 0.6 is 0 Å². The summed E-state index contributed by atoms with van der Waals surface area (Å²) in [5, 5.41) is 13.8. The average molecular weight is 367 g/mol. The van der Waals surface area contributed by atoms with Gasteiger partial charge in [-0.25, -0.2) is 4.79 Å². The van der Waals surface area contributed by atoms with Crippen LogP contribution in [0.4, 0.5) is 4.79 Å². The van der Waals surface area contributed by atoms with E-state index in [1.54, 1.807) is 0 Å². The van der Waals surface area contributed by atoms with Gasteiger partial charge in [0.05, 0.1) is 5.60 Å². The van der Waals surface area contributed by atoms with Crippen molar-refractivity contribution < 1.29 is 14.6 Å². The van der Waals surface area contributed by atoms with Crippen molar-refractivity contribution in [2.45, 2.75) is 76.2 Å². The number of amides is 1. The lowest BCUT2D eigenvalue weighted by atomic mass is 9.80. The van der Waals surface area contributed by atoms with E-state index in [0.29, 0.717) is 19.3 Å². The molecule has 2 fully saturated rings. The first kappa shape index (κ1) is 18.3. The summed E-state index contributed by atoms with van der Waals surface area (Å²) < 4.78 is 5.61. The molecular formula is C23H29NO3. The third-order valence-corrected chi connectivity index (χ3v) is 5.85. The molecule has 0 saturated carbocycles. The molecule has 0 spiro atoms. The first-order chi connectivity index (χ1) is 12.7. The predicted octanol–water partition coefficient (Wildman–Crippen LogP) is 4.68. The number of carbonyl (C=O) groups excluding carboxylic acids is 1. The maximum absolute atomic E-state index is 12.6. The van der Waals surface area contributed by atoms with Crippen LogP contribution in [0.15, 0.2) is 42.5 Å². The van der Waals surface area contributed by atoms with Crippen molar-refractivity contribution in [1.29, 1.82) is 0 Å². The lowest BCUT2D eigenvalue weighted by molar-refractivity contribution is -0.0577. The Morgan fingerprint density at radius 1 is 1.11 bits per heavy atom. The van der Waals surface area contributed by atoms with Gasteiger partial charge in [0, 0.05) is 18.5 Å². The standard InChI is InChI=1S/C23H29NO3/c1-22(2,3)27-21(25)24-18-11-12-19(24)15-23(26,14-18)13-17-9-6-8-16-7-4-5-10-20(16)17/h4-10,18-19,26H,11-15H2,1-3H3. The van der Waals surface area contributed by atoms with Gasteiger partial charge in [0.2, 0.25) is 0 Å². The van der Waals surface area contributed by atoms with Crippen LogP contribution in [0.25, 0.3) is 10.8 Å². The Labute approximate surface area is 161 Å². The second kappa shape index (κ2) is 6.52. The van der Waals surface area contributed by atoms with Gasteiger partial charge in [0.15, 0.2) is 0 Å². The molecule has 2 aromatic rings. The minimum absolute atomic E-state index is 0.0681. The van der Waals surface area contributed by atoms with E-state index in [-0.39, 0.29) is 18.2 Å². The van der Waals surface area contributed by atoms with Crippen LogP contribution in [0, 0.1) is 0 Å². The van der Waals surface area contributed by atoms with Gasteiger partial charge in [-0.1, -0.05) is 42.5 Å². The van der Waals surface area contributed by atoms with Gasteiger partial charge in [-0.05, 0) is 62.8 Å². The van der Waals surface area contributed by atoms with Crippen molar-refractivity contribution in [3.05, 3.63) is 48.0 Å². The number of nitrogens with zero attached hydrogens (tertiary/aromatic N) is 1. The topological polar surface area (TPSA) is 49.8 Å². The molecule has 0 aliphatic carbocycles. The highest BCUT2D eigenvalue weighted by molar-refractivity contribution is 5.85. The Balaban J connectivity index is 1.54. The molecule has 0 aromatic heterocycles. The van der Waals surface area contributed by atoms with Gasteiger partial charge in [0.1, 0.15) is 5.60 Å². The molecule has 2 aromatic carbocycles. The minimum Gasteiger partial charge on any atom is -0.444 e. The van der Waals surface area contributed by atoms with Crippen molar-refractivity contribution >= 4 is 16.9 Å². The van der Waals surface area contributed by atoms with Gasteiger partial charge in [-0.3, -0.25) is 0 Å². The summed E-state index contributed by atoms with van der Waals surface area (Å²) >= 11 is 0. The molecule has 2 unspecified atom stereocenters. The molecule has 2 atom stereocenters. The molecular weight excluding hydrogens is 338 g/mol. The van der Waals surface area contributed by atoms with Gasteiger partial charge in [-0.2, -0.15) is 0 Å². The van der Waals surface area contributed by atoms with Crippen molar-refractivity contribution in [1.82, 2.24) is 4.90 Å². The number of piperidine rings is 1. The summed E-state index contributed by atoms with van der Waals surface area (Å²) in [6.45, 7) is 5.69. The average Bonchev–Trinajstić information content (AvgIpc) is 2.86. The molecule has 27 heavy (non-hydrogen) atoms. The van der Waals surface area contributed by atoms with Gasteiger partial charge in [-0.15, -0.1) is 0 Å². The van der Waals surface area contributed by atoms with Crippen molar-refractivity contribution in [3.63, 3.8) is 0 Å². The van der Waals surface area contributed by atoms with Gasteiger partial charge in [0.25, 0.3) is 0 Å². The fraction of sp³-hybridized carbons (Fsp3) is 0.522. The van der Waals surface area contributed by atoms with Crippen molar-refractivity contribution in [2.75, 3.05) is 0 Å². The lowest BCUT2D eigenvalue weighted by Gasteiger charge is -2.44. The zero-order chi connectivity index (χ0) is 19.2. The monoisotopic (exact) mass is 367 g/mol. The van der Waals surface area contributed by atoms with Crippen LogP contribution in [0.3, 0.4) is 0 Å². The highest BCUT2D eigenvalue weighted by atomic mass is 16.6. The summed E-state index contributed by atoms with van der Waals surface area (Å²) in [5.41, 5.74) is -0.0810. The molecule has 2 aliphatic rings. The minimum atomic E-state index is -0.769. The molecule has 2 saturated heterocycles. The Morgan fingerprint density at radius 2 is 1.74 bits per heavy atom. The fourth-order valence-corrected chi connectivity index (χ4v) is 4.88. The van der Waals surface area contributed by atoms with E-state index in [2.05, 4.69) is 30.3 Å². The SMILES string of the molecule is CC(C)(C)OC(=O)N1C2CCC1CC(O)(Cc1cccc3ccccc13)C2. The number of rotatable bonds is 2. The van der Waals surface area contributed by atoms with Crippen LogP contribution in [0.2, 0.25) is 0 Å². The zero-order valence-electron chi connectivity index (χ0n) is 16.4. The van der Waals surface area contributed by atoms with Gasteiger partial charge >= 0.3 is 6.09 Å². The Morgan fingerprint density at radius 3 is 2.41 bits per heavy atom. The lowest BCUT2D eigenvalue weighted by Crippen LogP contribution is -2.55. The predicted molar refractivity (Wildman–Crippen MR) is 107 cm³/mol. The normalized spacial score (nSPS) is 27.8. The molecule has 1 amide bonds. The quantitative estimate of drug-likeness (QED) is 0.839. The van der Waals surface area contributed by atoms with Crippen molar-refractivity contribution in [3.8, 4) is 0 Å². The van der Waals surface area contributed by atoms with Crippen molar-refractivity contribution in [2.24, 2.45) is 0 Å². The molecule has 1 N–H and O–H groups in total. The third kappa shape index (κ3) is 3.68. The highest BCUT2D eigenvalue weighted by Crippen LogP contribution is 2.43. The van der Waals surface area contributed by atoms with E-state index in [4.69, 9.17) is 4.74 Å². The summed E-state index contributed by atoms with van der Waals surface area (Å²) in [6.07, 6.45) is 3.52. The van der Waals surface area contributed by atoms with Crippen LogP contribution in [0.1, 0.15) is 52.0 Å². The summed E-state index contributed by atoms with van der Waals surface area (Å²) in [5.74, 6) is 0. The van der Waals surface area contributed by atoms with E-state index in [9.17, 15) is 9.90 Å². The molecule has 0 radical (unpaired) electrons. The van der Waals surface area contributed by atoms with Crippen LogP contribution < -0.4 is 0 Å². The zero-order valence-corrected chi connectivity index (χ0v) is 16.4. The number of aliphatic hydroxyl groups is 1. The van der Waals surface area contributed by atoms with E-state index in [1.807, 2.05) is 37.8 Å². The van der Waals surface area contributed by atoms with E-state index >= 15 is 0 Å². The Hall–Kier alpha value is -2.07. The molecule has 4 heteroatoms. The van der Waals surface area contributed by atoms with Crippen LogP contribution in [-0.4, -0.2) is 39.4 Å². The molecule has 2 bridgehead atoms. The largest absolute Gasteiger partial charge is 0.444 e. The fourth-order valence-electron chi connectivity index (χ4n) is 4.88. The number of ether oxygens (including phenoxy) is 1. The molecule has 4 nitrogen and oxygen atoms in total. The van der Waals surface area contributed by atoms with Gasteiger partial charge < -0.3 is 14.7 Å². The third-order valence-electron chi connectivity index (χ3n) is 5.85. The summed E-state index contributed by atoms with van der Waals surface area (Å²) in [7, 11) is 0.